The van der Waals surface area contributed by atoms with Crippen LogP contribution in [0.3, 0.4) is 0 Å². The number of fused-ring (bicyclic) bond motifs is 3. The van der Waals surface area contributed by atoms with Crippen molar-refractivity contribution >= 4 is 38.3 Å². The average molecular weight is 506 g/mol. The van der Waals surface area contributed by atoms with Crippen molar-refractivity contribution < 1.29 is 17.9 Å². The highest BCUT2D eigenvalue weighted by atomic mass is 32.2. The molecule has 0 spiro atoms. The third-order valence-electron chi connectivity index (χ3n) is 8.04. The number of sulfonamides is 1. The minimum Gasteiger partial charge on any atom is -0.461 e. The molecule has 1 fully saturated rings. The zero-order chi connectivity index (χ0) is 25.0. The maximum absolute atomic E-state index is 13.2. The van der Waals surface area contributed by atoms with Gasteiger partial charge in [0.05, 0.1) is 28.7 Å². The van der Waals surface area contributed by atoms with Crippen molar-refractivity contribution in [3.63, 3.8) is 0 Å². The van der Waals surface area contributed by atoms with E-state index in [-0.39, 0.29) is 22.8 Å². The van der Waals surface area contributed by atoms with E-state index in [1.165, 1.54) is 11.3 Å². The fourth-order valence-corrected chi connectivity index (χ4v) is 7.51. The van der Waals surface area contributed by atoms with Crippen LogP contribution in [0.4, 0.5) is 5.69 Å². The molecule has 3 aliphatic heterocycles. The van der Waals surface area contributed by atoms with Crippen LogP contribution in [0, 0.1) is 11.8 Å². The number of carbonyl (C=O) groups is 1. The highest BCUT2D eigenvalue weighted by Gasteiger charge is 2.46. The first-order chi connectivity index (χ1) is 17.4. The first kappa shape index (κ1) is 23.3. The molecule has 3 aromatic rings. The second-order valence-electron chi connectivity index (χ2n) is 9.89. The standard InChI is InChI=1S/C28H31N3O4S/c1-3-18-12-14-30-15-13-22-21-11-10-19(29-36(33,34)20-8-6-5-7-9-20)16-24(21)31-25(28(32)35-4-2)17-23(18)26(30)27(22)31/h5-11,16-18,23,26,29H,3-4,12-15H2,1-2H3. The van der Waals surface area contributed by atoms with Crippen molar-refractivity contribution in [1.82, 2.24) is 9.47 Å². The van der Waals surface area contributed by atoms with Gasteiger partial charge in [0.15, 0.2) is 0 Å². The highest BCUT2D eigenvalue weighted by Crippen LogP contribution is 2.51. The molecule has 0 radical (unpaired) electrons. The molecule has 1 saturated heterocycles. The van der Waals surface area contributed by atoms with Crippen molar-refractivity contribution in [3.8, 4) is 0 Å². The van der Waals surface area contributed by atoms with Crippen molar-refractivity contribution in [3.05, 3.63) is 65.9 Å². The first-order valence-corrected chi connectivity index (χ1v) is 14.3. The maximum atomic E-state index is 13.2. The Balaban J connectivity index is 1.52. The molecule has 3 atom stereocenters. The molecule has 6 rings (SSSR count). The summed E-state index contributed by atoms with van der Waals surface area (Å²) in [6.45, 7) is 6.41. The van der Waals surface area contributed by atoms with E-state index in [2.05, 4.69) is 22.6 Å². The van der Waals surface area contributed by atoms with Gasteiger partial charge in [-0.1, -0.05) is 37.6 Å². The van der Waals surface area contributed by atoms with Gasteiger partial charge in [0.1, 0.15) is 5.70 Å². The van der Waals surface area contributed by atoms with Gasteiger partial charge in [0, 0.05) is 23.5 Å². The Bertz CT molecular complexity index is 1480. The molecule has 36 heavy (non-hydrogen) atoms. The summed E-state index contributed by atoms with van der Waals surface area (Å²) in [6.07, 6.45) is 5.24. The number of nitrogens with zero attached hydrogens (tertiary/aromatic N) is 2. The summed E-state index contributed by atoms with van der Waals surface area (Å²) in [7, 11) is -3.74. The molecule has 8 heteroatoms. The number of esters is 1. The maximum Gasteiger partial charge on any atom is 0.354 e. The van der Waals surface area contributed by atoms with Gasteiger partial charge in [-0.15, -0.1) is 0 Å². The molecule has 188 valence electrons. The number of anilines is 1. The monoisotopic (exact) mass is 505 g/mol. The summed E-state index contributed by atoms with van der Waals surface area (Å²) < 4.78 is 36.3. The van der Waals surface area contributed by atoms with E-state index in [0.29, 0.717) is 23.9 Å². The Morgan fingerprint density at radius 1 is 1.11 bits per heavy atom. The molecular formula is C28H31N3O4S. The number of piperidine rings is 1. The van der Waals surface area contributed by atoms with E-state index in [1.54, 1.807) is 30.3 Å². The molecule has 0 bridgehead atoms. The van der Waals surface area contributed by atoms with Crippen molar-refractivity contribution in [2.75, 3.05) is 24.4 Å². The van der Waals surface area contributed by atoms with E-state index in [1.807, 2.05) is 29.7 Å². The minimum atomic E-state index is -3.74. The second-order valence-corrected chi connectivity index (χ2v) is 11.6. The lowest BCUT2D eigenvalue weighted by Gasteiger charge is -2.49. The zero-order valence-electron chi connectivity index (χ0n) is 20.6. The SMILES string of the molecule is CCOC(=O)C1=CC2C(CC)CCN3CCc4c(n1c1cc(NS(=O)(=O)c5ccccc5)ccc41)C23. The minimum absolute atomic E-state index is 0.208. The lowest BCUT2D eigenvalue weighted by Crippen LogP contribution is -2.48. The molecule has 3 aliphatic rings. The van der Waals surface area contributed by atoms with Gasteiger partial charge in [0.25, 0.3) is 10.0 Å². The van der Waals surface area contributed by atoms with E-state index >= 15 is 0 Å². The lowest BCUT2D eigenvalue weighted by atomic mass is 9.73. The summed E-state index contributed by atoms with van der Waals surface area (Å²) in [5.74, 6) is 0.445. The van der Waals surface area contributed by atoms with Crippen LogP contribution in [0.15, 0.2) is 59.5 Å². The largest absolute Gasteiger partial charge is 0.461 e. The van der Waals surface area contributed by atoms with Crippen LogP contribution in [0.1, 0.15) is 44.0 Å². The molecule has 1 N–H and O–H groups in total. The van der Waals surface area contributed by atoms with Gasteiger partial charge in [0.2, 0.25) is 0 Å². The van der Waals surface area contributed by atoms with Gasteiger partial charge in [-0.3, -0.25) is 9.62 Å². The summed E-state index contributed by atoms with van der Waals surface area (Å²) in [6, 6.07) is 14.2. The number of hydrogen-bond donors (Lipinski definition) is 1. The Hall–Kier alpha value is -3.10. The van der Waals surface area contributed by atoms with Gasteiger partial charge >= 0.3 is 5.97 Å². The van der Waals surface area contributed by atoms with Crippen LogP contribution in [-0.4, -0.2) is 43.6 Å². The Morgan fingerprint density at radius 3 is 2.67 bits per heavy atom. The molecule has 0 saturated carbocycles. The Morgan fingerprint density at radius 2 is 1.92 bits per heavy atom. The van der Waals surface area contributed by atoms with Crippen molar-refractivity contribution in [1.29, 1.82) is 0 Å². The molecule has 4 heterocycles. The predicted octanol–water partition coefficient (Wildman–Crippen LogP) is 4.81. The topological polar surface area (TPSA) is 80.6 Å². The van der Waals surface area contributed by atoms with Gasteiger partial charge in [-0.25, -0.2) is 13.2 Å². The van der Waals surface area contributed by atoms with Crippen LogP contribution in [0.25, 0.3) is 16.6 Å². The zero-order valence-corrected chi connectivity index (χ0v) is 21.4. The average Bonchev–Trinajstić information content (AvgIpc) is 3.22. The summed E-state index contributed by atoms with van der Waals surface area (Å²) in [5, 5.41) is 1.07. The van der Waals surface area contributed by atoms with Crippen LogP contribution in [0.5, 0.6) is 0 Å². The lowest BCUT2D eigenvalue weighted by molar-refractivity contribution is -0.136. The number of aromatic nitrogens is 1. The van der Waals surface area contributed by atoms with Gasteiger partial charge in [-0.2, -0.15) is 0 Å². The van der Waals surface area contributed by atoms with E-state index in [9.17, 15) is 13.2 Å². The molecule has 7 nitrogen and oxygen atoms in total. The molecule has 0 aliphatic carbocycles. The predicted molar refractivity (Wildman–Crippen MR) is 140 cm³/mol. The van der Waals surface area contributed by atoms with Crippen LogP contribution in [-0.2, 0) is 26.0 Å². The second kappa shape index (κ2) is 8.78. The highest BCUT2D eigenvalue weighted by molar-refractivity contribution is 7.92. The fourth-order valence-electron chi connectivity index (χ4n) is 6.44. The molecular weight excluding hydrogens is 474 g/mol. The van der Waals surface area contributed by atoms with Crippen molar-refractivity contribution in [2.45, 2.75) is 44.0 Å². The van der Waals surface area contributed by atoms with E-state index in [4.69, 9.17) is 4.74 Å². The first-order valence-electron chi connectivity index (χ1n) is 12.8. The normalized spacial score (nSPS) is 23.2. The molecule has 0 amide bonds. The summed E-state index contributed by atoms with van der Waals surface area (Å²) in [4.78, 5) is 16.0. The molecule has 3 unspecified atom stereocenters. The Kier molecular flexibility index (Phi) is 5.68. The third kappa shape index (κ3) is 3.58. The number of benzene rings is 2. The molecule has 1 aromatic heterocycles. The van der Waals surface area contributed by atoms with Gasteiger partial charge in [-0.05, 0) is 68.1 Å². The summed E-state index contributed by atoms with van der Waals surface area (Å²) in [5.41, 5.74) is 4.30. The third-order valence-corrected chi connectivity index (χ3v) is 9.44. The quantitative estimate of drug-likeness (QED) is 0.487. The Labute approximate surface area is 211 Å². The molecule has 2 aromatic carbocycles. The van der Waals surface area contributed by atoms with Crippen LogP contribution in [0.2, 0.25) is 0 Å². The summed E-state index contributed by atoms with van der Waals surface area (Å²) >= 11 is 0. The number of nitrogens with one attached hydrogen (secondary N) is 1. The number of ether oxygens (including phenoxy) is 1. The smallest absolute Gasteiger partial charge is 0.354 e. The fraction of sp³-hybridized carbons (Fsp3) is 0.393. The number of carbonyl (C=O) groups excluding carboxylic acids is 1. The van der Waals surface area contributed by atoms with Crippen molar-refractivity contribution in [2.24, 2.45) is 11.8 Å². The number of hydrogen-bond acceptors (Lipinski definition) is 5. The van der Waals surface area contributed by atoms with Crippen LogP contribution < -0.4 is 4.72 Å². The van der Waals surface area contributed by atoms with Crippen LogP contribution >= 0.6 is 0 Å². The van der Waals surface area contributed by atoms with Gasteiger partial charge < -0.3 is 9.30 Å². The van der Waals surface area contributed by atoms with E-state index in [0.717, 1.165) is 43.3 Å². The number of rotatable bonds is 6. The van der Waals surface area contributed by atoms with E-state index < -0.39 is 10.0 Å².